The second kappa shape index (κ2) is 4.66. The van der Waals surface area contributed by atoms with E-state index in [0.717, 1.165) is 5.39 Å². The molecule has 1 atom stereocenters. The minimum absolute atomic E-state index is 0.373. The van der Waals surface area contributed by atoms with Crippen molar-refractivity contribution in [1.29, 1.82) is 0 Å². The van der Waals surface area contributed by atoms with Crippen LogP contribution in [0.25, 0.3) is 11.0 Å². The average molecular weight is 265 g/mol. The van der Waals surface area contributed by atoms with Crippen LogP contribution in [0.3, 0.4) is 0 Å². The summed E-state index contributed by atoms with van der Waals surface area (Å²) in [6.45, 7) is 5.61. The molecule has 0 aliphatic rings. The van der Waals surface area contributed by atoms with Crippen LogP contribution in [0.2, 0.25) is 0 Å². The van der Waals surface area contributed by atoms with Gasteiger partial charge in [-0.2, -0.15) is 5.10 Å². The van der Waals surface area contributed by atoms with Gasteiger partial charge in [0, 0.05) is 12.4 Å². The Bertz CT molecular complexity index is 587. The number of aryl methyl sites for hydroxylation is 1. The molecule has 0 amide bonds. The Morgan fingerprint density at radius 2 is 2.11 bits per heavy atom. The average Bonchev–Trinajstić information content (AvgIpc) is 2.66. The van der Waals surface area contributed by atoms with E-state index >= 15 is 0 Å². The maximum atomic E-state index is 11.8. The van der Waals surface area contributed by atoms with E-state index in [1.165, 1.54) is 6.21 Å². The third-order valence-electron chi connectivity index (χ3n) is 2.30. The summed E-state index contributed by atoms with van der Waals surface area (Å²) in [6, 6.07) is 1.82. The van der Waals surface area contributed by atoms with Gasteiger partial charge in [-0.1, -0.05) is 4.40 Å². The van der Waals surface area contributed by atoms with Crippen molar-refractivity contribution in [2.45, 2.75) is 25.5 Å². The van der Waals surface area contributed by atoms with Crippen molar-refractivity contribution < 1.29 is 4.55 Å². The first kappa shape index (κ1) is 13.0. The van der Waals surface area contributed by atoms with Gasteiger partial charge in [-0.25, -0.2) is 4.68 Å². The summed E-state index contributed by atoms with van der Waals surface area (Å²) < 4.78 is 17.0. The minimum Gasteiger partial charge on any atom is -0.591 e. The van der Waals surface area contributed by atoms with Gasteiger partial charge in [0.05, 0.1) is 6.20 Å². The molecule has 0 aliphatic carbocycles. The summed E-state index contributed by atoms with van der Waals surface area (Å²) in [7, 11) is 1.80. The van der Waals surface area contributed by atoms with Gasteiger partial charge in [-0.3, -0.25) is 0 Å². The maximum Gasteiger partial charge on any atom is 0.180 e. The molecule has 0 saturated heterocycles. The highest BCUT2D eigenvalue weighted by molar-refractivity contribution is 7.91. The van der Waals surface area contributed by atoms with Crippen molar-refractivity contribution in [2.75, 3.05) is 0 Å². The molecule has 0 unspecified atom stereocenters. The smallest absolute Gasteiger partial charge is 0.180 e. The molecule has 18 heavy (non-hydrogen) atoms. The fourth-order valence-electron chi connectivity index (χ4n) is 1.29. The Labute approximate surface area is 108 Å². The van der Waals surface area contributed by atoms with Crippen LogP contribution in [0, 0.1) is 0 Å². The molecule has 0 spiro atoms. The number of fused-ring (bicyclic) bond motifs is 1. The van der Waals surface area contributed by atoms with Crippen LogP contribution in [-0.2, 0) is 18.4 Å². The van der Waals surface area contributed by atoms with Gasteiger partial charge < -0.3 is 4.55 Å². The Morgan fingerprint density at radius 1 is 1.39 bits per heavy atom. The first-order valence-corrected chi connectivity index (χ1v) is 6.60. The molecule has 0 fully saturated rings. The molecule has 6 nitrogen and oxygen atoms in total. The van der Waals surface area contributed by atoms with Crippen LogP contribution in [0.1, 0.15) is 26.5 Å². The van der Waals surface area contributed by atoms with Crippen molar-refractivity contribution in [3.8, 4) is 0 Å². The minimum atomic E-state index is -1.29. The number of rotatable bonds is 2. The highest BCUT2D eigenvalue weighted by Gasteiger charge is 2.25. The summed E-state index contributed by atoms with van der Waals surface area (Å²) in [4.78, 5) is 0. The SMILES string of the molecule is Cn1ncc2cc(/C=N/[S@+]([O-])C(C)(C)C)nnc21. The zero-order valence-electron chi connectivity index (χ0n) is 10.8. The van der Waals surface area contributed by atoms with Crippen LogP contribution < -0.4 is 0 Å². The highest BCUT2D eigenvalue weighted by atomic mass is 32.2. The predicted octanol–water partition coefficient (Wildman–Crippen LogP) is 1.24. The second-order valence-corrected chi connectivity index (χ2v) is 6.85. The molecule has 2 aromatic rings. The summed E-state index contributed by atoms with van der Waals surface area (Å²) in [5.41, 5.74) is 1.29. The molecule has 0 saturated carbocycles. The normalized spacial score (nSPS) is 14.5. The molecule has 0 bridgehead atoms. The van der Waals surface area contributed by atoms with Crippen LogP contribution in [0.15, 0.2) is 16.7 Å². The van der Waals surface area contributed by atoms with Crippen molar-refractivity contribution in [3.05, 3.63) is 18.0 Å². The van der Waals surface area contributed by atoms with Crippen molar-refractivity contribution in [2.24, 2.45) is 11.4 Å². The third-order valence-corrected chi connectivity index (χ3v) is 3.65. The van der Waals surface area contributed by atoms with Gasteiger partial charge in [0.2, 0.25) is 0 Å². The maximum absolute atomic E-state index is 11.8. The van der Waals surface area contributed by atoms with E-state index in [2.05, 4.69) is 19.7 Å². The molecule has 2 heterocycles. The summed E-state index contributed by atoms with van der Waals surface area (Å²) in [5, 5.41) is 13.0. The number of nitrogens with zero attached hydrogens (tertiary/aromatic N) is 5. The molecular weight excluding hydrogens is 250 g/mol. The van der Waals surface area contributed by atoms with Gasteiger partial charge >= 0.3 is 0 Å². The number of aromatic nitrogens is 4. The molecule has 0 N–H and O–H groups in total. The lowest BCUT2D eigenvalue weighted by Crippen LogP contribution is -2.25. The molecule has 96 valence electrons. The first-order valence-electron chi connectivity index (χ1n) is 5.49. The summed E-state index contributed by atoms with van der Waals surface area (Å²) in [5.74, 6) is 0. The predicted molar refractivity (Wildman–Crippen MR) is 71.8 cm³/mol. The second-order valence-electron chi connectivity index (χ2n) is 4.91. The van der Waals surface area contributed by atoms with E-state index < -0.39 is 11.4 Å². The summed E-state index contributed by atoms with van der Waals surface area (Å²) in [6.07, 6.45) is 3.20. The molecule has 0 aromatic carbocycles. The third kappa shape index (κ3) is 2.68. The van der Waals surface area contributed by atoms with Crippen LogP contribution in [0.5, 0.6) is 0 Å². The van der Waals surface area contributed by atoms with E-state index in [0.29, 0.717) is 11.3 Å². The van der Waals surface area contributed by atoms with E-state index in [4.69, 9.17) is 0 Å². The fraction of sp³-hybridized carbons (Fsp3) is 0.455. The van der Waals surface area contributed by atoms with Gasteiger partial charge in [0.25, 0.3) is 0 Å². The van der Waals surface area contributed by atoms with Crippen LogP contribution >= 0.6 is 0 Å². The van der Waals surface area contributed by atoms with Gasteiger partial charge in [0.15, 0.2) is 5.65 Å². The van der Waals surface area contributed by atoms with E-state index in [1.54, 1.807) is 17.9 Å². The van der Waals surface area contributed by atoms with Crippen molar-refractivity contribution in [3.63, 3.8) is 0 Å². The molecule has 0 aliphatic heterocycles. The molecule has 7 heteroatoms. The number of hydrogen-bond donors (Lipinski definition) is 0. The lowest BCUT2D eigenvalue weighted by atomic mass is 10.3. The van der Waals surface area contributed by atoms with Crippen LogP contribution in [-0.4, -0.2) is 35.5 Å². The molecular formula is C11H15N5OS. The Hall–Kier alpha value is -1.47. The van der Waals surface area contributed by atoms with Gasteiger partial charge in [-0.05, 0) is 26.8 Å². The van der Waals surface area contributed by atoms with Crippen molar-refractivity contribution in [1.82, 2.24) is 20.0 Å². The van der Waals surface area contributed by atoms with E-state index in [1.807, 2.05) is 26.8 Å². The Balaban J connectivity index is 2.25. The monoisotopic (exact) mass is 265 g/mol. The Kier molecular flexibility index (Phi) is 3.36. The zero-order chi connectivity index (χ0) is 13.3. The van der Waals surface area contributed by atoms with E-state index in [9.17, 15) is 4.55 Å². The topological polar surface area (TPSA) is 79.0 Å². The first-order chi connectivity index (χ1) is 8.38. The highest BCUT2D eigenvalue weighted by Crippen LogP contribution is 2.17. The molecule has 2 aromatic heterocycles. The fourth-order valence-corrected chi connectivity index (χ4v) is 1.81. The van der Waals surface area contributed by atoms with E-state index in [-0.39, 0.29) is 4.75 Å². The van der Waals surface area contributed by atoms with Crippen LogP contribution in [0.4, 0.5) is 0 Å². The van der Waals surface area contributed by atoms with Gasteiger partial charge in [-0.15, -0.1) is 10.2 Å². The summed E-state index contributed by atoms with van der Waals surface area (Å²) >= 11 is -1.29. The molecule has 2 rings (SSSR count). The standard InChI is InChI=1S/C11H15N5OS/c1-11(2,3)18(17)13-7-9-5-8-6-12-16(4)10(8)15-14-9/h5-7H,1-4H3/b13-7+/t18-/m1/s1. The lowest BCUT2D eigenvalue weighted by molar-refractivity contribution is 0.562. The zero-order valence-corrected chi connectivity index (χ0v) is 11.6. The molecule has 0 radical (unpaired) electrons. The van der Waals surface area contributed by atoms with Crippen molar-refractivity contribution >= 4 is 28.6 Å². The van der Waals surface area contributed by atoms with Gasteiger partial charge in [0.1, 0.15) is 28.0 Å². The largest absolute Gasteiger partial charge is 0.591 e. The quantitative estimate of drug-likeness (QED) is 0.604. The lowest BCUT2D eigenvalue weighted by Gasteiger charge is -2.17. The Morgan fingerprint density at radius 3 is 2.78 bits per heavy atom. The number of hydrogen-bond acceptors (Lipinski definition) is 5.